The summed E-state index contributed by atoms with van der Waals surface area (Å²) in [6.45, 7) is 5.76. The smallest absolute Gasteiger partial charge is 0.217 e. The van der Waals surface area contributed by atoms with Crippen molar-refractivity contribution in [2.45, 2.75) is 51.7 Å². The van der Waals surface area contributed by atoms with Crippen LogP contribution in [0.4, 0.5) is 0 Å². The molecule has 27 heavy (non-hydrogen) atoms. The van der Waals surface area contributed by atoms with Crippen molar-refractivity contribution in [3.8, 4) is 11.5 Å². The Labute approximate surface area is 168 Å². The Hall–Kier alpha value is -1.92. The zero-order valence-electron chi connectivity index (χ0n) is 15.4. The molecule has 1 fully saturated rings. The molecular weight excluding hydrogens is 391 g/mol. The van der Waals surface area contributed by atoms with Crippen LogP contribution in [-0.2, 0) is 4.79 Å². The first-order chi connectivity index (χ1) is 12.9. The Morgan fingerprint density at radius 2 is 2.00 bits per heavy atom. The number of aromatic nitrogens is 1. The van der Waals surface area contributed by atoms with E-state index in [4.69, 9.17) is 37.2 Å². The van der Waals surface area contributed by atoms with Gasteiger partial charge in [-0.1, -0.05) is 28.4 Å². The third kappa shape index (κ3) is 4.68. The standard InChI is InChI=1S/C19H22Cl2N2O4/c1-4-25-13-7-15(20)19(16(21)8-13)26-14-5-12(6-14)17-9-18(27-23-17)10(2)22-11(3)24/h7-10,12,14H,4-6H2,1-3H3,(H,22,24)/t10-,12?,14?/m0/s1. The third-order valence-corrected chi connectivity index (χ3v) is 5.04. The largest absolute Gasteiger partial charge is 0.494 e. The summed E-state index contributed by atoms with van der Waals surface area (Å²) in [4.78, 5) is 11.1. The number of rotatable bonds is 7. The summed E-state index contributed by atoms with van der Waals surface area (Å²) >= 11 is 12.6. The Balaban J connectivity index is 1.57. The second kappa shape index (κ2) is 8.40. The van der Waals surface area contributed by atoms with Crippen LogP contribution in [0.1, 0.15) is 57.0 Å². The lowest BCUT2D eigenvalue weighted by molar-refractivity contribution is -0.119. The van der Waals surface area contributed by atoms with Crippen molar-refractivity contribution in [3.05, 3.63) is 39.7 Å². The van der Waals surface area contributed by atoms with Crippen LogP contribution >= 0.6 is 23.2 Å². The van der Waals surface area contributed by atoms with Crippen LogP contribution in [0.15, 0.2) is 22.7 Å². The minimum absolute atomic E-state index is 0.0101. The molecule has 1 aliphatic carbocycles. The number of carbonyl (C=O) groups is 1. The molecule has 146 valence electrons. The van der Waals surface area contributed by atoms with E-state index in [1.807, 2.05) is 19.9 Å². The Bertz CT molecular complexity index is 795. The fraction of sp³-hybridized carbons (Fsp3) is 0.474. The van der Waals surface area contributed by atoms with Gasteiger partial charge in [-0.05, 0) is 26.7 Å². The summed E-state index contributed by atoms with van der Waals surface area (Å²) in [7, 11) is 0. The Morgan fingerprint density at radius 1 is 1.33 bits per heavy atom. The number of nitrogens with zero attached hydrogens (tertiary/aromatic N) is 1. The second-order valence-electron chi connectivity index (χ2n) is 6.63. The van der Waals surface area contributed by atoms with Crippen LogP contribution in [0, 0.1) is 0 Å². The number of hydrogen-bond donors (Lipinski definition) is 1. The fourth-order valence-corrected chi connectivity index (χ4v) is 3.60. The number of carbonyl (C=O) groups excluding carboxylic acids is 1. The van der Waals surface area contributed by atoms with Gasteiger partial charge in [0.25, 0.3) is 0 Å². The van der Waals surface area contributed by atoms with E-state index in [0.29, 0.717) is 33.9 Å². The summed E-state index contributed by atoms with van der Waals surface area (Å²) in [6, 6.07) is 5.08. The van der Waals surface area contributed by atoms with Crippen molar-refractivity contribution in [2.24, 2.45) is 0 Å². The molecule has 1 aliphatic rings. The van der Waals surface area contributed by atoms with Gasteiger partial charge in [0.15, 0.2) is 11.5 Å². The maximum absolute atomic E-state index is 11.1. The number of ether oxygens (including phenoxy) is 2. The van der Waals surface area contributed by atoms with Crippen molar-refractivity contribution in [1.29, 1.82) is 0 Å². The average Bonchev–Trinajstić information content (AvgIpc) is 3.01. The molecular formula is C19H22Cl2N2O4. The first-order valence-corrected chi connectivity index (χ1v) is 9.65. The number of nitrogens with one attached hydrogen (secondary N) is 1. The molecule has 8 heteroatoms. The Morgan fingerprint density at radius 3 is 2.59 bits per heavy atom. The molecule has 1 N–H and O–H groups in total. The van der Waals surface area contributed by atoms with Crippen LogP contribution in [0.3, 0.4) is 0 Å². The average molecular weight is 413 g/mol. The van der Waals surface area contributed by atoms with Crippen LogP contribution in [0.2, 0.25) is 10.0 Å². The van der Waals surface area contributed by atoms with E-state index in [1.165, 1.54) is 6.92 Å². The summed E-state index contributed by atoms with van der Waals surface area (Å²) in [5, 5.41) is 7.77. The quantitative estimate of drug-likeness (QED) is 0.699. The van der Waals surface area contributed by atoms with E-state index in [1.54, 1.807) is 12.1 Å². The predicted molar refractivity (Wildman–Crippen MR) is 103 cm³/mol. The minimum Gasteiger partial charge on any atom is -0.494 e. The van der Waals surface area contributed by atoms with Crippen molar-refractivity contribution < 1.29 is 18.8 Å². The zero-order valence-corrected chi connectivity index (χ0v) is 16.9. The molecule has 0 aliphatic heterocycles. The van der Waals surface area contributed by atoms with Crippen LogP contribution in [-0.4, -0.2) is 23.8 Å². The van der Waals surface area contributed by atoms with E-state index < -0.39 is 0 Å². The topological polar surface area (TPSA) is 73.6 Å². The summed E-state index contributed by atoms with van der Waals surface area (Å²) in [5.41, 5.74) is 0.867. The highest BCUT2D eigenvalue weighted by atomic mass is 35.5. The van der Waals surface area contributed by atoms with Gasteiger partial charge in [-0.2, -0.15) is 0 Å². The monoisotopic (exact) mass is 412 g/mol. The molecule has 1 heterocycles. The summed E-state index contributed by atoms with van der Waals surface area (Å²) in [6.07, 6.45) is 1.59. The molecule has 1 aromatic carbocycles. The van der Waals surface area contributed by atoms with Gasteiger partial charge in [0.1, 0.15) is 11.9 Å². The van der Waals surface area contributed by atoms with Gasteiger partial charge in [0.2, 0.25) is 5.91 Å². The molecule has 1 saturated carbocycles. The first-order valence-electron chi connectivity index (χ1n) is 8.89. The normalized spacial score (nSPS) is 19.9. The van der Waals surface area contributed by atoms with E-state index >= 15 is 0 Å². The molecule has 0 saturated heterocycles. The van der Waals surface area contributed by atoms with E-state index in [9.17, 15) is 4.79 Å². The van der Waals surface area contributed by atoms with Gasteiger partial charge in [-0.15, -0.1) is 0 Å². The zero-order chi connectivity index (χ0) is 19.6. The van der Waals surface area contributed by atoms with Crippen molar-refractivity contribution in [1.82, 2.24) is 10.5 Å². The van der Waals surface area contributed by atoms with Gasteiger partial charge in [-0.3, -0.25) is 4.79 Å². The predicted octanol–water partition coefficient (Wildman–Crippen LogP) is 4.90. The van der Waals surface area contributed by atoms with Gasteiger partial charge < -0.3 is 19.3 Å². The lowest BCUT2D eigenvalue weighted by Crippen LogP contribution is -2.32. The molecule has 3 rings (SSSR count). The highest BCUT2D eigenvalue weighted by Gasteiger charge is 2.35. The van der Waals surface area contributed by atoms with Gasteiger partial charge >= 0.3 is 0 Å². The highest BCUT2D eigenvalue weighted by Crippen LogP contribution is 2.43. The van der Waals surface area contributed by atoms with Crippen molar-refractivity contribution >= 4 is 29.1 Å². The number of halogens is 2. The molecule has 1 amide bonds. The molecule has 0 radical (unpaired) electrons. The molecule has 0 unspecified atom stereocenters. The van der Waals surface area contributed by atoms with Crippen molar-refractivity contribution in [3.63, 3.8) is 0 Å². The molecule has 0 bridgehead atoms. The molecule has 1 atom stereocenters. The van der Waals surface area contributed by atoms with Crippen molar-refractivity contribution in [2.75, 3.05) is 6.61 Å². The SMILES string of the molecule is CCOc1cc(Cl)c(OC2CC(c3cc([C@H](C)NC(C)=O)on3)C2)c(Cl)c1. The maximum atomic E-state index is 11.1. The van der Waals surface area contributed by atoms with E-state index in [2.05, 4.69) is 10.5 Å². The fourth-order valence-electron chi connectivity index (χ4n) is 3.05. The molecule has 2 aromatic rings. The van der Waals surface area contributed by atoms with E-state index in [-0.39, 0.29) is 24.0 Å². The summed E-state index contributed by atoms with van der Waals surface area (Å²) < 4.78 is 16.7. The van der Waals surface area contributed by atoms with Gasteiger partial charge in [0.05, 0.1) is 28.4 Å². The second-order valence-corrected chi connectivity index (χ2v) is 7.45. The Kier molecular flexibility index (Phi) is 6.17. The number of amides is 1. The van der Waals surface area contributed by atoms with Gasteiger partial charge in [-0.25, -0.2) is 0 Å². The van der Waals surface area contributed by atoms with Crippen LogP contribution < -0.4 is 14.8 Å². The van der Waals surface area contributed by atoms with E-state index in [0.717, 1.165) is 18.5 Å². The first kappa shape index (κ1) is 19.8. The minimum atomic E-state index is -0.211. The third-order valence-electron chi connectivity index (χ3n) is 4.47. The lowest BCUT2D eigenvalue weighted by atomic mass is 9.80. The maximum Gasteiger partial charge on any atom is 0.217 e. The highest BCUT2D eigenvalue weighted by molar-refractivity contribution is 6.37. The van der Waals surface area contributed by atoms with Crippen LogP contribution in [0.5, 0.6) is 11.5 Å². The number of hydrogen-bond acceptors (Lipinski definition) is 5. The lowest BCUT2D eigenvalue weighted by Gasteiger charge is -2.34. The van der Waals surface area contributed by atoms with Gasteiger partial charge in [0, 0.05) is 31.0 Å². The molecule has 0 spiro atoms. The molecule has 1 aromatic heterocycles. The number of benzene rings is 1. The van der Waals surface area contributed by atoms with Crippen LogP contribution in [0.25, 0.3) is 0 Å². The summed E-state index contributed by atoms with van der Waals surface area (Å²) in [5.74, 6) is 1.88. The molecule has 6 nitrogen and oxygen atoms in total.